The molecule has 6 nitrogen and oxygen atoms in total. The van der Waals surface area contributed by atoms with Crippen molar-refractivity contribution < 1.29 is 14.3 Å². The van der Waals surface area contributed by atoms with E-state index in [0.717, 1.165) is 36.0 Å². The fourth-order valence-corrected chi connectivity index (χ4v) is 3.36. The van der Waals surface area contributed by atoms with Crippen molar-refractivity contribution in [2.24, 2.45) is 0 Å². The molecule has 1 saturated heterocycles. The monoisotopic (exact) mass is 325 g/mol. The highest BCUT2D eigenvalue weighted by Crippen LogP contribution is 2.32. The van der Waals surface area contributed by atoms with Crippen LogP contribution in [-0.2, 0) is 4.74 Å². The first-order valence-electron chi connectivity index (χ1n) is 8.22. The van der Waals surface area contributed by atoms with Crippen molar-refractivity contribution in [2.45, 2.75) is 19.4 Å². The molecule has 24 heavy (non-hydrogen) atoms. The molecule has 0 bridgehead atoms. The number of carbonyl (C=O) groups excluding carboxylic acids is 2. The van der Waals surface area contributed by atoms with Gasteiger partial charge in [0.1, 0.15) is 0 Å². The van der Waals surface area contributed by atoms with Crippen LogP contribution < -0.4 is 10.7 Å². The van der Waals surface area contributed by atoms with Crippen LogP contribution >= 0.6 is 0 Å². The molecule has 1 unspecified atom stereocenters. The number of hydrogen-bond donors (Lipinski definition) is 2. The average molecular weight is 325 g/mol. The van der Waals surface area contributed by atoms with E-state index in [4.69, 9.17) is 4.74 Å². The number of hydrogen-bond acceptors (Lipinski definition) is 5. The zero-order chi connectivity index (χ0) is 16.7. The minimum atomic E-state index is -0.340. The van der Waals surface area contributed by atoms with E-state index in [2.05, 4.69) is 22.7 Å². The van der Waals surface area contributed by atoms with Gasteiger partial charge in [0.25, 0.3) is 11.8 Å². The van der Waals surface area contributed by atoms with Crippen molar-refractivity contribution in [1.82, 2.24) is 10.3 Å². The van der Waals surface area contributed by atoms with Crippen LogP contribution in [-0.4, -0.2) is 42.6 Å². The summed E-state index contributed by atoms with van der Waals surface area (Å²) < 4.78 is 5.70. The zero-order valence-electron chi connectivity index (χ0n) is 13.5. The number of hydrazine groups is 1. The number of imide groups is 1. The second-order valence-electron chi connectivity index (χ2n) is 6.13. The molecule has 2 aliphatic heterocycles. The molecule has 2 heterocycles. The number of carbonyl (C=O) groups is 2. The Hall–Kier alpha value is -2.44. The van der Waals surface area contributed by atoms with E-state index in [9.17, 15) is 9.59 Å². The van der Waals surface area contributed by atoms with Gasteiger partial charge in [0, 0.05) is 35.0 Å². The lowest BCUT2D eigenvalue weighted by Gasteiger charge is -2.33. The van der Waals surface area contributed by atoms with Crippen molar-refractivity contribution in [3.63, 3.8) is 0 Å². The van der Waals surface area contributed by atoms with Gasteiger partial charge < -0.3 is 10.2 Å². The standard InChI is InChI=1S/C18H19N3O3/c1-2-11-10-21(8-9-24-11)20-15-7-6-14-16-12(15)4-3-5-13(16)17(22)19-18(14)23/h3-7,11,20H,2,8-10H2,1H3,(H,19,22,23). The van der Waals surface area contributed by atoms with E-state index < -0.39 is 0 Å². The van der Waals surface area contributed by atoms with Gasteiger partial charge in [-0.15, -0.1) is 0 Å². The first-order chi connectivity index (χ1) is 11.7. The molecule has 0 spiro atoms. The highest BCUT2D eigenvalue weighted by molar-refractivity contribution is 6.26. The predicted molar refractivity (Wildman–Crippen MR) is 91.0 cm³/mol. The quantitative estimate of drug-likeness (QED) is 0.846. The summed E-state index contributed by atoms with van der Waals surface area (Å²) in [7, 11) is 0. The molecule has 1 atom stereocenters. The van der Waals surface area contributed by atoms with E-state index >= 15 is 0 Å². The Balaban J connectivity index is 1.74. The van der Waals surface area contributed by atoms with E-state index in [1.54, 1.807) is 12.1 Å². The molecule has 0 aromatic heterocycles. The molecule has 2 N–H and O–H groups in total. The molecule has 4 rings (SSSR count). The third-order valence-electron chi connectivity index (χ3n) is 4.63. The van der Waals surface area contributed by atoms with Gasteiger partial charge in [-0.05, 0) is 24.6 Å². The molecular formula is C18H19N3O3. The van der Waals surface area contributed by atoms with Gasteiger partial charge in [0.2, 0.25) is 0 Å². The number of benzene rings is 2. The molecule has 2 aliphatic rings. The van der Waals surface area contributed by atoms with Crippen LogP contribution in [0.25, 0.3) is 10.8 Å². The van der Waals surface area contributed by atoms with Crippen molar-refractivity contribution in [2.75, 3.05) is 25.1 Å². The first-order valence-corrected chi connectivity index (χ1v) is 8.22. The van der Waals surface area contributed by atoms with E-state index in [1.165, 1.54) is 0 Å². The van der Waals surface area contributed by atoms with E-state index in [0.29, 0.717) is 17.7 Å². The van der Waals surface area contributed by atoms with E-state index in [1.807, 2.05) is 18.2 Å². The maximum absolute atomic E-state index is 12.1. The third kappa shape index (κ3) is 2.44. The van der Waals surface area contributed by atoms with Crippen molar-refractivity contribution in [1.29, 1.82) is 0 Å². The summed E-state index contributed by atoms with van der Waals surface area (Å²) in [4.78, 5) is 24.2. The Morgan fingerprint density at radius 2 is 2.00 bits per heavy atom. The fraction of sp³-hybridized carbons (Fsp3) is 0.333. The maximum atomic E-state index is 12.1. The van der Waals surface area contributed by atoms with Crippen molar-refractivity contribution in [3.05, 3.63) is 41.5 Å². The molecule has 0 radical (unpaired) electrons. The van der Waals surface area contributed by atoms with Gasteiger partial charge in [-0.1, -0.05) is 19.1 Å². The summed E-state index contributed by atoms with van der Waals surface area (Å²) >= 11 is 0. The summed E-state index contributed by atoms with van der Waals surface area (Å²) in [6, 6.07) is 9.20. The molecule has 1 fully saturated rings. The minimum Gasteiger partial charge on any atom is -0.375 e. The topological polar surface area (TPSA) is 70.7 Å². The molecule has 0 aliphatic carbocycles. The Morgan fingerprint density at radius 3 is 2.79 bits per heavy atom. The molecule has 2 aromatic rings. The number of amides is 2. The van der Waals surface area contributed by atoms with Crippen LogP contribution in [0.1, 0.15) is 34.1 Å². The van der Waals surface area contributed by atoms with Crippen LogP contribution in [0.3, 0.4) is 0 Å². The van der Waals surface area contributed by atoms with E-state index in [-0.39, 0.29) is 17.9 Å². The number of nitrogens with zero attached hydrogens (tertiary/aromatic N) is 1. The van der Waals surface area contributed by atoms with Gasteiger partial charge >= 0.3 is 0 Å². The number of nitrogens with one attached hydrogen (secondary N) is 2. The molecule has 0 saturated carbocycles. The number of morpholine rings is 1. The lowest BCUT2D eigenvalue weighted by molar-refractivity contribution is -0.0210. The maximum Gasteiger partial charge on any atom is 0.258 e. The Morgan fingerprint density at radius 1 is 1.21 bits per heavy atom. The van der Waals surface area contributed by atoms with Crippen LogP contribution in [0.15, 0.2) is 30.3 Å². The normalized spacial score (nSPS) is 21.0. The summed E-state index contributed by atoms with van der Waals surface area (Å²) in [5.41, 5.74) is 5.41. The number of rotatable bonds is 3. The third-order valence-corrected chi connectivity index (χ3v) is 4.63. The van der Waals surface area contributed by atoms with Crippen LogP contribution in [0.2, 0.25) is 0 Å². The minimum absolute atomic E-state index is 0.221. The van der Waals surface area contributed by atoms with Crippen LogP contribution in [0.4, 0.5) is 5.69 Å². The number of anilines is 1. The summed E-state index contributed by atoms with van der Waals surface area (Å²) in [5, 5.41) is 6.12. The second kappa shape index (κ2) is 5.89. The predicted octanol–water partition coefficient (Wildman–Crippen LogP) is 2.16. The highest BCUT2D eigenvalue weighted by atomic mass is 16.5. The largest absolute Gasteiger partial charge is 0.375 e. The molecule has 2 aromatic carbocycles. The lowest BCUT2D eigenvalue weighted by atomic mass is 9.94. The Bertz CT molecular complexity index is 813. The van der Waals surface area contributed by atoms with Crippen molar-refractivity contribution in [3.8, 4) is 0 Å². The van der Waals surface area contributed by atoms with Gasteiger partial charge in [0.15, 0.2) is 0 Å². The van der Waals surface area contributed by atoms with Gasteiger partial charge in [-0.2, -0.15) is 0 Å². The average Bonchev–Trinajstić information content (AvgIpc) is 2.60. The zero-order valence-corrected chi connectivity index (χ0v) is 13.5. The second-order valence-corrected chi connectivity index (χ2v) is 6.13. The molecule has 124 valence electrons. The van der Waals surface area contributed by atoms with Gasteiger partial charge in [-0.25, -0.2) is 5.01 Å². The Kier molecular flexibility index (Phi) is 3.70. The van der Waals surface area contributed by atoms with Crippen LogP contribution in [0.5, 0.6) is 0 Å². The summed E-state index contributed by atoms with van der Waals surface area (Å²) in [5.74, 6) is -0.680. The fourth-order valence-electron chi connectivity index (χ4n) is 3.36. The Labute approximate surface area is 139 Å². The van der Waals surface area contributed by atoms with Crippen LogP contribution in [0, 0.1) is 0 Å². The van der Waals surface area contributed by atoms with Gasteiger partial charge in [-0.3, -0.25) is 14.9 Å². The van der Waals surface area contributed by atoms with Gasteiger partial charge in [0.05, 0.1) is 18.4 Å². The smallest absolute Gasteiger partial charge is 0.258 e. The van der Waals surface area contributed by atoms with Crippen molar-refractivity contribution >= 4 is 28.3 Å². The SMILES string of the molecule is CCC1CN(Nc2ccc3c4c(cccc24)C(=O)NC3=O)CCO1. The highest BCUT2D eigenvalue weighted by Gasteiger charge is 2.26. The molecular weight excluding hydrogens is 306 g/mol. The summed E-state index contributed by atoms with van der Waals surface area (Å²) in [6.45, 7) is 4.40. The lowest BCUT2D eigenvalue weighted by Crippen LogP contribution is -2.45. The molecule has 2 amide bonds. The molecule has 6 heteroatoms. The number of ether oxygens (including phenoxy) is 1. The first kappa shape index (κ1) is 15.1. The summed E-state index contributed by atoms with van der Waals surface area (Å²) in [6.07, 6.45) is 1.19.